The van der Waals surface area contributed by atoms with Crippen LogP contribution in [0, 0.1) is 5.92 Å². The predicted octanol–water partition coefficient (Wildman–Crippen LogP) is 2.26. The fraction of sp³-hybridized carbons (Fsp3) is 0.385. The molecule has 2 rings (SSSR count). The van der Waals surface area contributed by atoms with Crippen molar-refractivity contribution in [2.24, 2.45) is 13.0 Å². The molecule has 0 aliphatic heterocycles. The summed E-state index contributed by atoms with van der Waals surface area (Å²) in [5.41, 5.74) is 8.97. The highest BCUT2D eigenvalue weighted by atomic mass is 15.3. The van der Waals surface area contributed by atoms with Crippen molar-refractivity contribution in [3.8, 4) is 11.3 Å². The molecule has 0 bridgehead atoms. The Bertz CT molecular complexity index is 500. The number of nitrogens with zero attached hydrogens (tertiary/aromatic N) is 3. The molecule has 2 aromatic rings. The van der Waals surface area contributed by atoms with E-state index in [-0.39, 0.29) is 0 Å². The lowest BCUT2D eigenvalue weighted by Crippen LogP contribution is -1.98. The van der Waals surface area contributed by atoms with Gasteiger partial charge in [-0.3, -0.25) is 9.67 Å². The molecule has 0 aliphatic carbocycles. The maximum atomic E-state index is 6.07. The Balaban J connectivity index is 2.52. The van der Waals surface area contributed by atoms with Crippen molar-refractivity contribution in [1.29, 1.82) is 0 Å². The van der Waals surface area contributed by atoms with Gasteiger partial charge in [0.2, 0.25) is 0 Å². The van der Waals surface area contributed by atoms with Crippen LogP contribution in [0.1, 0.15) is 19.5 Å². The second kappa shape index (κ2) is 4.57. The van der Waals surface area contributed by atoms with Crippen LogP contribution in [0.25, 0.3) is 11.3 Å². The van der Waals surface area contributed by atoms with E-state index in [1.54, 1.807) is 10.9 Å². The van der Waals surface area contributed by atoms with Gasteiger partial charge in [0, 0.05) is 13.2 Å². The van der Waals surface area contributed by atoms with Gasteiger partial charge in [0.15, 0.2) is 0 Å². The smallest absolute Gasteiger partial charge is 0.131 e. The van der Waals surface area contributed by atoms with E-state index in [0.717, 1.165) is 23.4 Å². The van der Waals surface area contributed by atoms with Gasteiger partial charge >= 0.3 is 0 Å². The van der Waals surface area contributed by atoms with Crippen molar-refractivity contribution in [2.45, 2.75) is 20.3 Å². The van der Waals surface area contributed by atoms with Crippen molar-refractivity contribution in [3.63, 3.8) is 0 Å². The number of nitrogen functional groups attached to an aromatic ring is 1. The molecule has 2 N–H and O–H groups in total. The van der Waals surface area contributed by atoms with E-state index in [9.17, 15) is 0 Å². The van der Waals surface area contributed by atoms with Crippen molar-refractivity contribution in [1.82, 2.24) is 14.8 Å². The average molecular weight is 230 g/mol. The van der Waals surface area contributed by atoms with Gasteiger partial charge in [-0.1, -0.05) is 19.9 Å². The second-order valence-electron chi connectivity index (χ2n) is 4.64. The summed E-state index contributed by atoms with van der Waals surface area (Å²) >= 11 is 0. The summed E-state index contributed by atoms with van der Waals surface area (Å²) in [4.78, 5) is 4.36. The SMILES string of the molecule is CC(C)Cc1nn(C)c(N)c1-c1ccccn1. The molecule has 90 valence electrons. The van der Waals surface area contributed by atoms with Crippen molar-refractivity contribution < 1.29 is 0 Å². The topological polar surface area (TPSA) is 56.7 Å². The van der Waals surface area contributed by atoms with Crippen molar-refractivity contribution in [3.05, 3.63) is 30.1 Å². The standard InChI is InChI=1S/C13H18N4/c1-9(2)8-11-12(13(14)17(3)16-11)10-6-4-5-7-15-10/h4-7,9H,8,14H2,1-3H3. The molecule has 0 spiro atoms. The quantitative estimate of drug-likeness (QED) is 0.880. The van der Waals surface area contributed by atoms with Crippen LogP contribution in [0.4, 0.5) is 5.82 Å². The van der Waals surface area contributed by atoms with Crippen LogP contribution >= 0.6 is 0 Å². The zero-order valence-electron chi connectivity index (χ0n) is 10.5. The summed E-state index contributed by atoms with van der Waals surface area (Å²) in [6.45, 7) is 4.35. The maximum absolute atomic E-state index is 6.07. The van der Waals surface area contributed by atoms with E-state index >= 15 is 0 Å². The first-order chi connectivity index (χ1) is 8.09. The molecule has 4 nitrogen and oxygen atoms in total. The molecular formula is C13H18N4. The van der Waals surface area contributed by atoms with E-state index in [1.165, 1.54) is 0 Å². The third-order valence-corrected chi connectivity index (χ3v) is 2.69. The Labute approximate surface area is 101 Å². The van der Waals surface area contributed by atoms with E-state index in [2.05, 4.69) is 23.9 Å². The first-order valence-corrected chi connectivity index (χ1v) is 5.82. The molecule has 0 amide bonds. The summed E-state index contributed by atoms with van der Waals surface area (Å²) in [6.07, 6.45) is 2.69. The van der Waals surface area contributed by atoms with Gasteiger partial charge in [0.1, 0.15) is 5.82 Å². The van der Waals surface area contributed by atoms with Gasteiger partial charge in [-0.25, -0.2) is 0 Å². The second-order valence-corrected chi connectivity index (χ2v) is 4.64. The number of pyridine rings is 1. The maximum Gasteiger partial charge on any atom is 0.131 e. The predicted molar refractivity (Wildman–Crippen MR) is 69.4 cm³/mol. The van der Waals surface area contributed by atoms with Gasteiger partial charge in [0.25, 0.3) is 0 Å². The lowest BCUT2D eigenvalue weighted by Gasteiger charge is -2.05. The highest BCUT2D eigenvalue weighted by Gasteiger charge is 2.17. The number of aryl methyl sites for hydroxylation is 1. The molecule has 0 atom stereocenters. The lowest BCUT2D eigenvalue weighted by molar-refractivity contribution is 0.622. The van der Waals surface area contributed by atoms with Crippen molar-refractivity contribution in [2.75, 3.05) is 5.73 Å². The van der Waals surface area contributed by atoms with Crippen LogP contribution in [0.3, 0.4) is 0 Å². The molecule has 0 radical (unpaired) electrons. The van der Waals surface area contributed by atoms with E-state index in [4.69, 9.17) is 5.73 Å². The third-order valence-electron chi connectivity index (χ3n) is 2.69. The molecule has 17 heavy (non-hydrogen) atoms. The molecule has 0 saturated carbocycles. The summed E-state index contributed by atoms with van der Waals surface area (Å²) < 4.78 is 1.72. The minimum atomic E-state index is 0.548. The molecule has 0 saturated heterocycles. The number of hydrogen-bond donors (Lipinski definition) is 1. The summed E-state index contributed by atoms with van der Waals surface area (Å²) in [5, 5.41) is 4.48. The van der Waals surface area contributed by atoms with Crippen LogP contribution in [-0.4, -0.2) is 14.8 Å². The minimum Gasteiger partial charge on any atom is -0.383 e. The van der Waals surface area contributed by atoms with Crippen LogP contribution in [0.5, 0.6) is 0 Å². The van der Waals surface area contributed by atoms with Crippen LogP contribution in [0.2, 0.25) is 0 Å². The summed E-state index contributed by atoms with van der Waals surface area (Å²) in [7, 11) is 1.87. The molecule has 0 aliphatic rings. The Hall–Kier alpha value is -1.84. The largest absolute Gasteiger partial charge is 0.383 e. The number of nitrogens with two attached hydrogens (primary N) is 1. The van der Waals surface area contributed by atoms with E-state index in [1.807, 2.05) is 25.2 Å². The van der Waals surface area contributed by atoms with Crippen LogP contribution in [0.15, 0.2) is 24.4 Å². The van der Waals surface area contributed by atoms with Gasteiger partial charge in [0.05, 0.1) is 17.0 Å². The molecule has 0 unspecified atom stereocenters. The zero-order chi connectivity index (χ0) is 12.4. The van der Waals surface area contributed by atoms with Gasteiger partial charge in [-0.2, -0.15) is 5.10 Å². The highest BCUT2D eigenvalue weighted by Crippen LogP contribution is 2.28. The number of rotatable bonds is 3. The molecule has 0 fully saturated rings. The minimum absolute atomic E-state index is 0.548. The fourth-order valence-electron chi connectivity index (χ4n) is 1.91. The monoisotopic (exact) mass is 230 g/mol. The molecule has 2 heterocycles. The first kappa shape index (κ1) is 11.6. The van der Waals surface area contributed by atoms with Gasteiger partial charge in [-0.05, 0) is 24.5 Å². The van der Waals surface area contributed by atoms with Crippen molar-refractivity contribution >= 4 is 5.82 Å². The molecule has 4 heteroatoms. The Morgan fingerprint density at radius 2 is 2.12 bits per heavy atom. The Morgan fingerprint density at radius 3 is 2.71 bits per heavy atom. The lowest BCUT2D eigenvalue weighted by atomic mass is 10.0. The average Bonchev–Trinajstić information content (AvgIpc) is 2.55. The zero-order valence-corrected chi connectivity index (χ0v) is 10.5. The van der Waals surface area contributed by atoms with E-state index in [0.29, 0.717) is 11.7 Å². The number of hydrogen-bond acceptors (Lipinski definition) is 3. The summed E-state index contributed by atoms with van der Waals surface area (Å²) in [5.74, 6) is 1.23. The molecule has 2 aromatic heterocycles. The highest BCUT2D eigenvalue weighted by molar-refractivity contribution is 5.73. The van der Waals surface area contributed by atoms with E-state index < -0.39 is 0 Å². The number of aromatic nitrogens is 3. The van der Waals surface area contributed by atoms with Crippen LogP contribution in [-0.2, 0) is 13.5 Å². The first-order valence-electron chi connectivity index (χ1n) is 5.82. The van der Waals surface area contributed by atoms with Gasteiger partial charge < -0.3 is 5.73 Å². The molecule has 0 aromatic carbocycles. The summed E-state index contributed by atoms with van der Waals surface area (Å²) in [6, 6.07) is 5.84. The Kier molecular flexibility index (Phi) is 3.13. The third kappa shape index (κ3) is 2.30. The fourth-order valence-corrected chi connectivity index (χ4v) is 1.91. The number of anilines is 1. The molecular weight excluding hydrogens is 212 g/mol. The Morgan fingerprint density at radius 1 is 1.35 bits per heavy atom. The van der Waals surface area contributed by atoms with Crippen LogP contribution < -0.4 is 5.73 Å². The normalized spacial score (nSPS) is 11.1. The van der Waals surface area contributed by atoms with Gasteiger partial charge in [-0.15, -0.1) is 0 Å².